The molecule has 28 heavy (non-hydrogen) atoms. The first-order valence-electron chi connectivity index (χ1n) is 8.70. The zero-order valence-corrected chi connectivity index (χ0v) is 15.3. The number of carbonyl (C=O) groups excluding carboxylic acids is 3. The molecule has 1 rings (SSSR count). The summed E-state index contributed by atoms with van der Waals surface area (Å²) in [5.41, 5.74) is 0. The van der Waals surface area contributed by atoms with E-state index in [4.69, 9.17) is 15.3 Å². The molecule has 1 fully saturated rings. The van der Waals surface area contributed by atoms with Gasteiger partial charge in [-0.25, -0.2) is 4.79 Å². The summed E-state index contributed by atoms with van der Waals surface area (Å²) >= 11 is 0. The smallest absolute Gasteiger partial charge is 0.328 e. The third-order valence-corrected chi connectivity index (χ3v) is 4.23. The van der Waals surface area contributed by atoms with Gasteiger partial charge in [-0.05, 0) is 13.3 Å². The third-order valence-electron chi connectivity index (χ3n) is 4.23. The van der Waals surface area contributed by atoms with Gasteiger partial charge >= 0.3 is 11.9 Å². The van der Waals surface area contributed by atoms with Gasteiger partial charge in [0.25, 0.3) is 0 Å². The fourth-order valence-electron chi connectivity index (χ4n) is 2.73. The number of aliphatic hydroxyl groups excluding tert-OH is 2. The zero-order valence-electron chi connectivity index (χ0n) is 15.3. The lowest BCUT2D eigenvalue weighted by molar-refractivity contribution is -0.144. The summed E-state index contributed by atoms with van der Waals surface area (Å²) in [6.07, 6.45) is -1.19. The summed E-state index contributed by atoms with van der Waals surface area (Å²) in [6, 6.07) is -3.70. The van der Waals surface area contributed by atoms with Crippen molar-refractivity contribution in [3.8, 4) is 0 Å². The number of nitrogens with one attached hydrogen (secondary N) is 2. The molecular weight excluding hydrogens is 378 g/mol. The predicted octanol–water partition coefficient (Wildman–Crippen LogP) is -2.73. The Kier molecular flexibility index (Phi) is 8.79. The summed E-state index contributed by atoms with van der Waals surface area (Å²) in [4.78, 5) is 59.1. The number of carboxylic acid groups (broad SMARTS) is 2. The van der Waals surface area contributed by atoms with E-state index in [2.05, 4.69) is 10.6 Å². The van der Waals surface area contributed by atoms with Crippen LogP contribution < -0.4 is 10.6 Å². The van der Waals surface area contributed by atoms with Gasteiger partial charge in [0.1, 0.15) is 18.1 Å². The van der Waals surface area contributed by atoms with Crippen molar-refractivity contribution in [3.05, 3.63) is 0 Å². The van der Waals surface area contributed by atoms with Crippen LogP contribution in [0.4, 0.5) is 0 Å². The van der Waals surface area contributed by atoms with E-state index < -0.39 is 60.5 Å². The van der Waals surface area contributed by atoms with Crippen molar-refractivity contribution < 1.29 is 44.4 Å². The Hall–Kier alpha value is -2.73. The molecule has 1 heterocycles. The summed E-state index contributed by atoms with van der Waals surface area (Å²) in [7, 11) is 0. The number of likely N-dealkylation sites (tertiary alicyclic amines) is 1. The minimum atomic E-state index is -1.52. The number of nitrogens with zero attached hydrogens (tertiary/aromatic N) is 1. The van der Waals surface area contributed by atoms with E-state index in [1.54, 1.807) is 0 Å². The van der Waals surface area contributed by atoms with E-state index in [-0.39, 0.29) is 32.2 Å². The van der Waals surface area contributed by atoms with Crippen LogP contribution in [-0.2, 0) is 24.0 Å². The lowest BCUT2D eigenvalue weighted by Crippen LogP contribution is -2.54. The highest BCUT2D eigenvalue weighted by molar-refractivity contribution is 5.93. The number of rotatable bonds is 10. The number of carboxylic acids is 2. The number of β-amino-alcohol motifs (C(OH)–C–C–N with tert-alkyl or cyclic N) is 1. The Morgan fingerprint density at radius 1 is 1.11 bits per heavy atom. The molecule has 1 saturated heterocycles. The molecule has 158 valence electrons. The standard InChI is InChI=1S/C16H25N3O9/c1-8(14(25)18-10(7-20)16(27)28)17-15(26)11-5-9(21)6-19(11)12(22)3-2-4-13(23)24/h8-11,20-21H,2-7H2,1H3,(H,17,26)(H,18,25)(H,23,24)(H,27,28)/t8-,9+,10-,11-/m0/s1. The van der Waals surface area contributed by atoms with Gasteiger partial charge in [0.05, 0.1) is 12.7 Å². The van der Waals surface area contributed by atoms with Gasteiger partial charge < -0.3 is 36.0 Å². The lowest BCUT2D eigenvalue weighted by Gasteiger charge is -2.25. The molecule has 0 saturated carbocycles. The maximum atomic E-state index is 12.4. The number of hydrogen-bond donors (Lipinski definition) is 6. The highest BCUT2D eigenvalue weighted by Crippen LogP contribution is 2.20. The van der Waals surface area contributed by atoms with Gasteiger partial charge in [-0.1, -0.05) is 0 Å². The molecule has 0 aromatic rings. The third kappa shape index (κ3) is 6.78. The van der Waals surface area contributed by atoms with Crippen LogP contribution in [0.2, 0.25) is 0 Å². The second-order valence-corrected chi connectivity index (χ2v) is 6.51. The van der Waals surface area contributed by atoms with Crippen LogP contribution in [0.25, 0.3) is 0 Å². The number of aliphatic hydroxyl groups is 2. The topological polar surface area (TPSA) is 194 Å². The molecule has 0 unspecified atom stereocenters. The van der Waals surface area contributed by atoms with Crippen LogP contribution >= 0.6 is 0 Å². The van der Waals surface area contributed by atoms with Crippen molar-refractivity contribution in [2.45, 2.75) is 56.8 Å². The van der Waals surface area contributed by atoms with Crippen molar-refractivity contribution in [1.29, 1.82) is 0 Å². The molecular formula is C16H25N3O9. The Morgan fingerprint density at radius 3 is 2.29 bits per heavy atom. The van der Waals surface area contributed by atoms with Crippen molar-refractivity contribution in [3.63, 3.8) is 0 Å². The van der Waals surface area contributed by atoms with Crippen molar-refractivity contribution in [2.24, 2.45) is 0 Å². The largest absolute Gasteiger partial charge is 0.481 e. The van der Waals surface area contributed by atoms with Crippen LogP contribution in [-0.4, -0.2) is 92.4 Å². The first kappa shape index (κ1) is 23.3. The van der Waals surface area contributed by atoms with E-state index >= 15 is 0 Å². The molecule has 0 aliphatic carbocycles. The van der Waals surface area contributed by atoms with E-state index in [1.807, 2.05) is 0 Å². The molecule has 1 aliphatic rings. The van der Waals surface area contributed by atoms with Crippen LogP contribution in [0.1, 0.15) is 32.6 Å². The summed E-state index contributed by atoms with van der Waals surface area (Å²) in [6.45, 7) is 0.388. The second kappa shape index (κ2) is 10.6. The minimum absolute atomic E-state index is 0.0424. The first-order valence-corrected chi connectivity index (χ1v) is 8.70. The maximum Gasteiger partial charge on any atom is 0.328 e. The zero-order chi connectivity index (χ0) is 21.4. The van der Waals surface area contributed by atoms with E-state index in [1.165, 1.54) is 6.92 Å². The highest BCUT2D eigenvalue weighted by Gasteiger charge is 2.39. The van der Waals surface area contributed by atoms with Gasteiger partial charge in [0.15, 0.2) is 0 Å². The number of carbonyl (C=O) groups is 5. The first-order chi connectivity index (χ1) is 13.1. The van der Waals surface area contributed by atoms with Crippen molar-refractivity contribution in [1.82, 2.24) is 15.5 Å². The minimum Gasteiger partial charge on any atom is -0.481 e. The average Bonchev–Trinajstić information content (AvgIpc) is 3.00. The van der Waals surface area contributed by atoms with Crippen LogP contribution in [0.5, 0.6) is 0 Å². The molecule has 12 nitrogen and oxygen atoms in total. The fraction of sp³-hybridized carbons (Fsp3) is 0.688. The quantitative estimate of drug-likeness (QED) is 0.224. The maximum absolute atomic E-state index is 12.4. The average molecular weight is 403 g/mol. The lowest BCUT2D eigenvalue weighted by atomic mass is 10.1. The number of aliphatic carboxylic acids is 2. The van der Waals surface area contributed by atoms with E-state index in [0.29, 0.717) is 0 Å². The van der Waals surface area contributed by atoms with Gasteiger partial charge in [-0.2, -0.15) is 0 Å². The molecule has 6 N–H and O–H groups in total. The molecule has 0 aromatic heterocycles. The van der Waals surface area contributed by atoms with Crippen LogP contribution in [0.3, 0.4) is 0 Å². The molecule has 0 bridgehead atoms. The van der Waals surface area contributed by atoms with Crippen LogP contribution in [0, 0.1) is 0 Å². The molecule has 12 heteroatoms. The molecule has 3 amide bonds. The number of hydrogen-bond acceptors (Lipinski definition) is 7. The number of amides is 3. The summed E-state index contributed by atoms with van der Waals surface area (Å²) in [5, 5.41) is 40.6. The van der Waals surface area contributed by atoms with Gasteiger partial charge in [-0.15, -0.1) is 0 Å². The fourth-order valence-corrected chi connectivity index (χ4v) is 2.73. The molecule has 1 aliphatic heterocycles. The van der Waals surface area contributed by atoms with Gasteiger partial charge in [0, 0.05) is 25.8 Å². The van der Waals surface area contributed by atoms with Crippen LogP contribution in [0.15, 0.2) is 0 Å². The summed E-state index contributed by atoms with van der Waals surface area (Å²) < 4.78 is 0. The Bertz CT molecular complexity index is 624. The normalized spacial score (nSPS) is 20.9. The van der Waals surface area contributed by atoms with Crippen molar-refractivity contribution >= 4 is 29.7 Å². The highest BCUT2D eigenvalue weighted by atomic mass is 16.4. The van der Waals surface area contributed by atoms with E-state index in [9.17, 15) is 29.1 Å². The van der Waals surface area contributed by atoms with Crippen molar-refractivity contribution in [2.75, 3.05) is 13.2 Å². The molecule has 0 radical (unpaired) electrons. The van der Waals surface area contributed by atoms with Gasteiger partial charge in [0.2, 0.25) is 17.7 Å². The monoisotopic (exact) mass is 403 g/mol. The predicted molar refractivity (Wildman–Crippen MR) is 91.9 cm³/mol. The SMILES string of the molecule is C[C@H](NC(=O)[C@@H]1C[C@@H](O)CN1C(=O)CCCC(=O)O)C(=O)N[C@@H](CO)C(=O)O. The molecule has 0 spiro atoms. The Morgan fingerprint density at radius 2 is 1.75 bits per heavy atom. The van der Waals surface area contributed by atoms with Gasteiger partial charge in [-0.3, -0.25) is 19.2 Å². The van der Waals surface area contributed by atoms with E-state index in [0.717, 1.165) is 4.90 Å². The second-order valence-electron chi connectivity index (χ2n) is 6.51. The molecule has 4 atom stereocenters. The Labute approximate surface area is 160 Å². The molecule has 0 aromatic carbocycles. The summed E-state index contributed by atoms with van der Waals surface area (Å²) in [5.74, 6) is -4.52. The Balaban J connectivity index is 2.66.